The van der Waals surface area contributed by atoms with Crippen molar-refractivity contribution in [3.05, 3.63) is 46.6 Å². The van der Waals surface area contributed by atoms with E-state index in [0.717, 1.165) is 11.3 Å². The van der Waals surface area contributed by atoms with Crippen molar-refractivity contribution < 1.29 is 12.8 Å². The van der Waals surface area contributed by atoms with Crippen molar-refractivity contribution in [3.8, 4) is 11.5 Å². The first-order valence-corrected chi connectivity index (χ1v) is 8.84. The topological polar surface area (TPSA) is 85.1 Å². The summed E-state index contributed by atoms with van der Waals surface area (Å²) in [7, 11) is -3.63. The largest absolute Gasteiger partial charge is 0.423 e. The molecule has 1 aromatic carbocycles. The number of aromatic nitrogens is 2. The fourth-order valence-electron chi connectivity index (χ4n) is 1.69. The van der Waals surface area contributed by atoms with Crippen LogP contribution in [0, 0.1) is 0 Å². The van der Waals surface area contributed by atoms with Crippen molar-refractivity contribution >= 4 is 43.0 Å². The first-order chi connectivity index (χ1) is 10.1. The summed E-state index contributed by atoms with van der Waals surface area (Å²) in [6.45, 7) is 0. The minimum atomic E-state index is -3.63. The second-order valence-corrected chi connectivity index (χ2v) is 7.63. The van der Waals surface area contributed by atoms with Gasteiger partial charge in [-0.3, -0.25) is 4.72 Å². The van der Waals surface area contributed by atoms with E-state index in [-0.39, 0.29) is 4.21 Å². The van der Waals surface area contributed by atoms with Gasteiger partial charge in [0.25, 0.3) is 10.0 Å². The van der Waals surface area contributed by atoms with E-state index in [1.165, 1.54) is 6.39 Å². The number of rotatable bonds is 4. The summed E-state index contributed by atoms with van der Waals surface area (Å²) in [5, 5.41) is 9.09. The van der Waals surface area contributed by atoms with Crippen LogP contribution >= 0.6 is 27.3 Å². The first kappa shape index (κ1) is 14.2. The molecule has 108 valence electrons. The summed E-state index contributed by atoms with van der Waals surface area (Å²) in [6, 6.07) is 8.44. The number of nitrogens with one attached hydrogen (secondary N) is 1. The number of halogens is 1. The van der Waals surface area contributed by atoms with E-state index in [9.17, 15) is 8.42 Å². The fourth-order valence-corrected chi connectivity index (χ4v) is 5.08. The van der Waals surface area contributed by atoms with Crippen LogP contribution in [-0.4, -0.2) is 18.6 Å². The van der Waals surface area contributed by atoms with Crippen molar-refractivity contribution in [3.63, 3.8) is 0 Å². The molecule has 0 radical (unpaired) electrons. The Morgan fingerprint density at radius 1 is 1.29 bits per heavy atom. The predicted octanol–water partition coefficient (Wildman–Crippen LogP) is 3.36. The molecule has 3 rings (SSSR count). The molecule has 0 unspecified atom stereocenters. The average Bonchev–Trinajstić information content (AvgIpc) is 3.09. The third-order valence-electron chi connectivity index (χ3n) is 2.55. The van der Waals surface area contributed by atoms with Gasteiger partial charge in [0.2, 0.25) is 12.3 Å². The van der Waals surface area contributed by atoms with Crippen LogP contribution in [0.25, 0.3) is 11.5 Å². The van der Waals surface area contributed by atoms with Gasteiger partial charge in [-0.05, 0) is 45.6 Å². The summed E-state index contributed by atoms with van der Waals surface area (Å²) in [4.78, 5) is 0. The van der Waals surface area contributed by atoms with Crippen LogP contribution in [0.2, 0.25) is 0 Å². The number of thiophene rings is 1. The molecule has 0 atom stereocenters. The van der Waals surface area contributed by atoms with Crippen LogP contribution in [0.5, 0.6) is 0 Å². The molecule has 21 heavy (non-hydrogen) atoms. The van der Waals surface area contributed by atoms with Crippen LogP contribution < -0.4 is 4.72 Å². The second kappa shape index (κ2) is 5.58. The molecule has 2 aromatic heterocycles. The van der Waals surface area contributed by atoms with Gasteiger partial charge >= 0.3 is 0 Å². The van der Waals surface area contributed by atoms with E-state index in [0.29, 0.717) is 21.6 Å². The van der Waals surface area contributed by atoms with Gasteiger partial charge in [0, 0.05) is 15.7 Å². The van der Waals surface area contributed by atoms with E-state index in [2.05, 4.69) is 30.8 Å². The van der Waals surface area contributed by atoms with Crippen LogP contribution in [-0.2, 0) is 10.0 Å². The third-order valence-corrected chi connectivity index (χ3v) is 6.60. The molecule has 0 aliphatic rings. The summed E-state index contributed by atoms with van der Waals surface area (Å²) >= 11 is 4.36. The van der Waals surface area contributed by atoms with Gasteiger partial charge in [0.1, 0.15) is 0 Å². The lowest BCUT2D eigenvalue weighted by atomic mass is 10.2. The highest BCUT2D eigenvalue weighted by Crippen LogP contribution is 2.30. The molecular formula is C12H8BrN3O3S2. The van der Waals surface area contributed by atoms with E-state index in [1.54, 1.807) is 35.7 Å². The fraction of sp³-hybridized carbons (Fsp3) is 0. The monoisotopic (exact) mass is 385 g/mol. The predicted molar refractivity (Wildman–Crippen MR) is 82.6 cm³/mol. The Labute approximate surface area is 133 Å². The lowest BCUT2D eigenvalue weighted by molar-refractivity contribution is 0.568. The van der Waals surface area contributed by atoms with E-state index in [1.807, 2.05) is 0 Å². The van der Waals surface area contributed by atoms with Gasteiger partial charge in [-0.25, -0.2) is 8.42 Å². The molecule has 0 fully saturated rings. The SMILES string of the molecule is O=S(=O)(Nc1cccc(-c2nnco2)c1)c1sccc1Br. The zero-order chi connectivity index (χ0) is 14.9. The van der Waals surface area contributed by atoms with E-state index in [4.69, 9.17) is 4.42 Å². The van der Waals surface area contributed by atoms with Gasteiger partial charge in [0.15, 0.2) is 4.21 Å². The van der Waals surface area contributed by atoms with Gasteiger partial charge in [-0.1, -0.05) is 6.07 Å². The standard InChI is InChI=1S/C12H8BrN3O3S2/c13-10-4-5-20-12(10)21(17,18)16-9-3-1-2-8(6-9)11-15-14-7-19-11/h1-7,16H. The van der Waals surface area contributed by atoms with E-state index < -0.39 is 10.0 Å². The minimum absolute atomic E-state index is 0.227. The summed E-state index contributed by atoms with van der Waals surface area (Å²) < 4.78 is 33.0. The average molecular weight is 386 g/mol. The number of anilines is 1. The summed E-state index contributed by atoms with van der Waals surface area (Å²) in [5.41, 5.74) is 1.06. The van der Waals surface area contributed by atoms with Gasteiger partial charge in [0.05, 0.1) is 0 Å². The molecule has 1 N–H and O–H groups in total. The Morgan fingerprint density at radius 3 is 2.81 bits per heavy atom. The molecule has 2 heterocycles. The zero-order valence-electron chi connectivity index (χ0n) is 10.4. The smallest absolute Gasteiger partial charge is 0.272 e. The maximum Gasteiger partial charge on any atom is 0.272 e. The highest BCUT2D eigenvalue weighted by atomic mass is 79.9. The number of benzene rings is 1. The minimum Gasteiger partial charge on any atom is -0.423 e. The van der Waals surface area contributed by atoms with Crippen LogP contribution in [0.15, 0.2) is 55.2 Å². The number of sulfonamides is 1. The molecule has 0 saturated carbocycles. The van der Waals surface area contributed by atoms with Gasteiger partial charge in [-0.2, -0.15) is 0 Å². The lowest BCUT2D eigenvalue weighted by Gasteiger charge is -2.07. The van der Waals surface area contributed by atoms with Crippen molar-refractivity contribution in [2.45, 2.75) is 4.21 Å². The third kappa shape index (κ3) is 2.99. The number of hydrogen-bond acceptors (Lipinski definition) is 6. The molecule has 9 heteroatoms. The van der Waals surface area contributed by atoms with Crippen molar-refractivity contribution in [1.82, 2.24) is 10.2 Å². The van der Waals surface area contributed by atoms with Crippen LogP contribution in [0.3, 0.4) is 0 Å². The second-order valence-electron chi connectivity index (χ2n) is 3.99. The van der Waals surface area contributed by atoms with Crippen molar-refractivity contribution in [2.24, 2.45) is 0 Å². The quantitative estimate of drug-likeness (QED) is 0.743. The normalized spacial score (nSPS) is 11.5. The molecular weight excluding hydrogens is 378 g/mol. The Bertz CT molecular complexity index is 860. The molecule has 3 aromatic rings. The van der Waals surface area contributed by atoms with Gasteiger partial charge < -0.3 is 4.42 Å². The Kier molecular flexibility index (Phi) is 3.79. The first-order valence-electron chi connectivity index (χ1n) is 5.69. The molecule has 0 spiro atoms. The Hall–Kier alpha value is -1.71. The molecule has 0 saturated heterocycles. The lowest BCUT2D eigenvalue weighted by Crippen LogP contribution is -2.11. The molecule has 0 amide bonds. The Morgan fingerprint density at radius 2 is 2.14 bits per heavy atom. The van der Waals surface area contributed by atoms with Crippen molar-refractivity contribution in [2.75, 3.05) is 4.72 Å². The Balaban J connectivity index is 1.92. The summed E-state index contributed by atoms with van der Waals surface area (Å²) in [6.07, 6.45) is 1.22. The molecule has 0 bridgehead atoms. The highest BCUT2D eigenvalue weighted by Gasteiger charge is 2.19. The molecule has 0 aliphatic heterocycles. The number of hydrogen-bond donors (Lipinski definition) is 1. The van der Waals surface area contributed by atoms with Crippen molar-refractivity contribution in [1.29, 1.82) is 0 Å². The van der Waals surface area contributed by atoms with Crippen LogP contribution in [0.1, 0.15) is 0 Å². The highest BCUT2D eigenvalue weighted by molar-refractivity contribution is 9.10. The van der Waals surface area contributed by atoms with E-state index >= 15 is 0 Å². The van der Waals surface area contributed by atoms with Crippen LogP contribution in [0.4, 0.5) is 5.69 Å². The maximum absolute atomic E-state index is 12.3. The zero-order valence-corrected chi connectivity index (χ0v) is 13.6. The molecule has 6 nitrogen and oxygen atoms in total. The van der Waals surface area contributed by atoms with Gasteiger partial charge in [-0.15, -0.1) is 21.5 Å². The maximum atomic E-state index is 12.3. The number of nitrogens with zero attached hydrogens (tertiary/aromatic N) is 2. The summed E-state index contributed by atoms with van der Waals surface area (Å²) in [5.74, 6) is 0.327. The molecule has 0 aliphatic carbocycles.